The molecule has 3 heterocycles. The summed E-state index contributed by atoms with van der Waals surface area (Å²) < 4.78 is 33.6. The fourth-order valence-electron chi connectivity index (χ4n) is 9.16. The van der Waals surface area contributed by atoms with Gasteiger partial charge in [0.05, 0.1) is 63.0 Å². The van der Waals surface area contributed by atoms with Gasteiger partial charge in [-0.15, -0.1) is 0 Å². The summed E-state index contributed by atoms with van der Waals surface area (Å²) in [7, 11) is 0. The number of carbonyl (C=O) groups excluding carboxylic acids is 4. The first-order valence-corrected chi connectivity index (χ1v) is 24.2. The molecule has 3 aliphatic rings. The average molecular weight is 1020 g/mol. The quantitative estimate of drug-likeness (QED) is 0.0734. The van der Waals surface area contributed by atoms with Crippen molar-refractivity contribution < 1.29 is 62.4 Å². The zero-order valence-electron chi connectivity index (χ0n) is 40.4. The number of nitrogens with zero attached hydrogens (tertiary/aromatic N) is 7. The molecule has 3 fully saturated rings. The maximum atomic E-state index is 13.8. The van der Waals surface area contributed by atoms with E-state index in [1.54, 1.807) is 45.0 Å². The van der Waals surface area contributed by atoms with Crippen LogP contribution in [0.4, 0.5) is 8.78 Å². The number of nitriles is 1. The number of pyridine rings is 1. The van der Waals surface area contributed by atoms with Crippen LogP contribution in [0.1, 0.15) is 53.6 Å². The lowest BCUT2D eigenvalue weighted by molar-refractivity contribution is -0.140. The van der Waals surface area contributed by atoms with Gasteiger partial charge in [-0.1, -0.05) is 36.4 Å². The lowest BCUT2D eigenvalue weighted by Gasteiger charge is -2.33. The molecule has 0 spiro atoms. The smallest absolute Gasteiger partial charge is 0.317 e. The number of ether oxygens (including phenoxy) is 1. The number of benzene rings is 2. The Morgan fingerprint density at radius 3 is 1.90 bits per heavy atom. The fraction of sp³-hybridized carbons (Fsp3) is 0.500. The number of carbonyl (C=O) groups is 7. The Morgan fingerprint density at radius 2 is 1.33 bits per heavy atom. The number of likely N-dealkylation sites (tertiary alicyclic amines) is 1. The number of aromatic nitrogens is 1. The van der Waals surface area contributed by atoms with Gasteiger partial charge >= 0.3 is 17.9 Å². The summed E-state index contributed by atoms with van der Waals surface area (Å²) in [6.45, 7) is 0.680. The molecule has 0 unspecified atom stereocenters. The fourth-order valence-corrected chi connectivity index (χ4v) is 9.16. The minimum atomic E-state index is -3.17. The predicted octanol–water partition coefficient (Wildman–Crippen LogP) is 1.54. The van der Waals surface area contributed by atoms with Crippen LogP contribution >= 0.6 is 0 Å². The Labute approximate surface area is 420 Å². The van der Waals surface area contributed by atoms with E-state index in [9.17, 15) is 62.9 Å². The van der Waals surface area contributed by atoms with Crippen LogP contribution in [0.2, 0.25) is 0 Å². The molecule has 2 saturated heterocycles. The second-order valence-electron chi connectivity index (χ2n) is 18.5. The van der Waals surface area contributed by atoms with Gasteiger partial charge in [0, 0.05) is 82.3 Å². The van der Waals surface area contributed by atoms with Crippen molar-refractivity contribution in [2.75, 3.05) is 105 Å². The highest BCUT2D eigenvalue weighted by molar-refractivity contribution is 6.07. The van der Waals surface area contributed by atoms with E-state index < -0.39 is 61.2 Å². The first kappa shape index (κ1) is 55.2. The van der Waals surface area contributed by atoms with E-state index in [1.165, 1.54) is 12.3 Å². The van der Waals surface area contributed by atoms with Crippen LogP contribution in [0, 0.1) is 17.2 Å². The van der Waals surface area contributed by atoms with Crippen LogP contribution in [-0.4, -0.2) is 209 Å². The number of hydrogen-bond donors (Lipinski definition) is 6. The Hall–Kier alpha value is -7.13. The number of rotatable bonds is 19. The molecule has 392 valence electrons. The predicted molar refractivity (Wildman–Crippen MR) is 261 cm³/mol. The topological polar surface area (TPSA) is 278 Å². The third-order valence-electron chi connectivity index (χ3n) is 13.0. The van der Waals surface area contributed by atoms with Crippen LogP contribution in [0.3, 0.4) is 0 Å². The molecule has 4 amide bonds. The first-order chi connectivity index (χ1) is 34.9. The van der Waals surface area contributed by atoms with Crippen LogP contribution in [0.5, 0.6) is 5.75 Å². The highest BCUT2D eigenvalue weighted by Gasteiger charge is 2.47. The lowest BCUT2D eigenvalue weighted by Crippen LogP contribution is -2.50. The second kappa shape index (κ2) is 26.5. The van der Waals surface area contributed by atoms with Crippen molar-refractivity contribution >= 4 is 64.6 Å². The van der Waals surface area contributed by atoms with Gasteiger partial charge in [-0.2, -0.15) is 5.26 Å². The molecule has 6 N–H and O–H groups in total. The van der Waals surface area contributed by atoms with Crippen molar-refractivity contribution in [3.05, 3.63) is 71.4 Å². The molecule has 3 aromatic rings. The maximum absolute atomic E-state index is 13.8. The molecule has 1 atom stereocenters. The molecule has 21 nitrogen and oxygen atoms in total. The van der Waals surface area contributed by atoms with E-state index >= 15 is 0 Å². The molecule has 23 heteroatoms. The number of aliphatic carboxylic acids is 3. The molecule has 73 heavy (non-hydrogen) atoms. The van der Waals surface area contributed by atoms with Crippen molar-refractivity contribution in [2.45, 2.75) is 50.1 Å². The third kappa shape index (κ3) is 17.6. The van der Waals surface area contributed by atoms with Crippen molar-refractivity contribution in [1.82, 2.24) is 45.4 Å². The molecule has 1 saturated carbocycles. The van der Waals surface area contributed by atoms with Crippen molar-refractivity contribution in [3.63, 3.8) is 0 Å². The number of carboxylic acid groups (broad SMARTS) is 3. The Morgan fingerprint density at radius 1 is 0.753 bits per heavy atom. The van der Waals surface area contributed by atoms with Crippen molar-refractivity contribution in [2.24, 2.45) is 5.92 Å². The standard InChI is InChI=1S/C50H62F2N10O11/c51-50(52)26-38(27-53)62(33-50)44(64)28-56-49(72)41-12-13-54-42-25-35(6-11-40(41)42)5-4-34-2-1-3-39(24-34)73-23-14-55-48(71)36-7-9-37(10-8-36)57-43(63)29-58-15-17-59(30-45(65)66)19-21-61(32-47(69)70)22-20-60(18-16-58)31-46(67)68/h1-6,11-13,24-25,36-38H,7-10,14-23,26,28-33H2,(H,55,71)(H,56,72)(H,57,63)(H,65,66)(H,67,68)(H,69,70)/b5-4+/t36?,37?,38-/m0/s1. The third-order valence-corrected chi connectivity index (χ3v) is 13.0. The summed E-state index contributed by atoms with van der Waals surface area (Å²) in [5.74, 6) is -7.59. The van der Waals surface area contributed by atoms with Gasteiger partial charge in [0.2, 0.25) is 17.7 Å². The van der Waals surface area contributed by atoms with Crippen LogP contribution in [0.25, 0.3) is 23.1 Å². The lowest BCUT2D eigenvalue weighted by atomic mass is 9.85. The van der Waals surface area contributed by atoms with Gasteiger partial charge in [-0.05, 0) is 61.1 Å². The van der Waals surface area contributed by atoms with Crippen LogP contribution < -0.4 is 20.7 Å². The Balaban J connectivity index is 0.916. The summed E-state index contributed by atoms with van der Waals surface area (Å²) in [5.41, 5.74) is 2.37. The molecule has 0 bridgehead atoms. The number of carboxylic acids is 3. The minimum absolute atomic E-state index is 0.0108. The maximum Gasteiger partial charge on any atom is 0.317 e. The number of hydrogen-bond acceptors (Lipinski definition) is 14. The summed E-state index contributed by atoms with van der Waals surface area (Å²) in [6.07, 6.45) is 6.80. The normalized spacial score (nSPS) is 20.6. The minimum Gasteiger partial charge on any atom is -0.492 e. The largest absolute Gasteiger partial charge is 0.492 e. The van der Waals surface area contributed by atoms with E-state index in [2.05, 4.69) is 20.9 Å². The van der Waals surface area contributed by atoms with Crippen LogP contribution in [-0.2, 0) is 28.8 Å². The van der Waals surface area contributed by atoms with Gasteiger partial charge in [-0.25, -0.2) is 8.78 Å². The summed E-state index contributed by atoms with van der Waals surface area (Å²) in [6, 6.07) is 14.5. The average Bonchev–Trinajstić information content (AvgIpc) is 3.68. The number of amides is 4. The van der Waals surface area contributed by atoms with E-state index in [0.717, 1.165) is 16.0 Å². The molecule has 6 rings (SSSR count). The van der Waals surface area contributed by atoms with Gasteiger partial charge in [0.1, 0.15) is 18.4 Å². The monoisotopic (exact) mass is 1020 g/mol. The van der Waals surface area contributed by atoms with E-state index in [-0.39, 0.29) is 94.8 Å². The number of fused-ring (bicyclic) bond motifs is 1. The number of nitrogens with one attached hydrogen (secondary N) is 3. The zero-order valence-corrected chi connectivity index (χ0v) is 40.4. The molecule has 2 aliphatic heterocycles. The molecule has 1 aliphatic carbocycles. The van der Waals surface area contributed by atoms with Crippen molar-refractivity contribution in [1.29, 1.82) is 5.26 Å². The van der Waals surface area contributed by atoms with Gasteiger partial charge in [0.15, 0.2) is 0 Å². The molecular formula is C50H62F2N10O11. The van der Waals surface area contributed by atoms with Gasteiger partial charge in [-0.3, -0.25) is 58.1 Å². The second-order valence-corrected chi connectivity index (χ2v) is 18.5. The van der Waals surface area contributed by atoms with E-state index in [0.29, 0.717) is 68.5 Å². The molecule has 0 radical (unpaired) electrons. The molecule has 1 aromatic heterocycles. The number of alkyl halides is 2. The first-order valence-electron chi connectivity index (χ1n) is 24.2. The SMILES string of the molecule is N#C[C@@H]1CC(F)(F)CN1C(=O)CNC(=O)c1ccnc2cc(/C=C/c3cccc(OCCNC(=O)C4CCC(NC(=O)CN5CCN(CC(=O)O)CCN(CC(=O)O)CCN(CC(=O)O)CC5)CC4)c3)ccc12. The van der Waals surface area contributed by atoms with Gasteiger partial charge in [0.25, 0.3) is 11.8 Å². The van der Waals surface area contributed by atoms with E-state index in [1.807, 2.05) is 35.3 Å². The highest BCUT2D eigenvalue weighted by Crippen LogP contribution is 2.32. The Kier molecular flexibility index (Phi) is 20.1. The highest BCUT2D eigenvalue weighted by atomic mass is 19.3. The summed E-state index contributed by atoms with van der Waals surface area (Å²) in [5, 5.41) is 46.6. The van der Waals surface area contributed by atoms with Crippen molar-refractivity contribution in [3.8, 4) is 11.8 Å². The van der Waals surface area contributed by atoms with Crippen LogP contribution in [0.15, 0.2) is 54.7 Å². The Bertz CT molecular complexity index is 2500. The number of halogens is 2. The van der Waals surface area contributed by atoms with E-state index in [4.69, 9.17) is 4.74 Å². The molecule has 2 aromatic carbocycles. The zero-order chi connectivity index (χ0) is 52.5. The van der Waals surface area contributed by atoms with Gasteiger partial charge < -0.3 is 40.9 Å². The molecular weight excluding hydrogens is 955 g/mol. The summed E-state index contributed by atoms with van der Waals surface area (Å²) in [4.78, 5) is 98.9. The summed E-state index contributed by atoms with van der Waals surface area (Å²) >= 11 is 0.